The maximum Gasteiger partial charge on any atom is 0.247 e. The number of carbonyl (C=O) groups excluding carboxylic acids is 3. The topological polar surface area (TPSA) is 98.7 Å². The zero-order chi connectivity index (χ0) is 26.0. The van der Waals surface area contributed by atoms with Gasteiger partial charge >= 0.3 is 0 Å². The number of rotatable bonds is 7. The standard InChI is InChI=1S/C28H32ClN3O4/c1-4-17-13-14-19-23(22(17)26(34)30-3)28(36)32(21(15-33)18-10-6-5-7-11-18)25(19)27(35)31-24-16(2)9-8-12-20(24)29/h5-14,17,19,21-23,25,33H,4,15H2,1-3H3,(H,30,34)(H,31,35)/t17-,19+,21-,22-,23+,25+/m1/s1. The predicted octanol–water partition coefficient (Wildman–Crippen LogP) is 3.72. The number of para-hydroxylation sites is 1. The van der Waals surface area contributed by atoms with Gasteiger partial charge in [-0.2, -0.15) is 0 Å². The highest BCUT2D eigenvalue weighted by molar-refractivity contribution is 6.34. The molecule has 36 heavy (non-hydrogen) atoms. The Balaban J connectivity index is 1.82. The summed E-state index contributed by atoms with van der Waals surface area (Å²) in [5.41, 5.74) is 1.99. The molecule has 2 aromatic rings. The van der Waals surface area contributed by atoms with Crippen LogP contribution in [0.15, 0.2) is 60.7 Å². The van der Waals surface area contributed by atoms with Crippen LogP contribution in [0.5, 0.6) is 0 Å². The normalized spacial score (nSPS) is 25.9. The molecular weight excluding hydrogens is 478 g/mol. The zero-order valence-electron chi connectivity index (χ0n) is 20.6. The number of fused-ring (bicyclic) bond motifs is 1. The van der Waals surface area contributed by atoms with E-state index in [9.17, 15) is 19.5 Å². The first-order valence-electron chi connectivity index (χ1n) is 12.3. The van der Waals surface area contributed by atoms with Crippen LogP contribution in [0.25, 0.3) is 0 Å². The van der Waals surface area contributed by atoms with Crippen LogP contribution in [0, 0.1) is 30.6 Å². The van der Waals surface area contributed by atoms with E-state index in [-0.39, 0.29) is 24.3 Å². The Kier molecular flexibility index (Phi) is 7.81. The lowest BCUT2D eigenvalue weighted by atomic mass is 9.69. The van der Waals surface area contributed by atoms with Crippen LogP contribution in [-0.2, 0) is 14.4 Å². The molecule has 3 N–H and O–H groups in total. The third kappa shape index (κ3) is 4.53. The number of allylic oxidation sites excluding steroid dienone is 1. The van der Waals surface area contributed by atoms with Gasteiger partial charge in [-0.05, 0) is 36.5 Å². The highest BCUT2D eigenvalue weighted by atomic mass is 35.5. The van der Waals surface area contributed by atoms with Gasteiger partial charge in [0.1, 0.15) is 6.04 Å². The molecule has 0 aromatic heterocycles. The molecule has 0 unspecified atom stereocenters. The molecule has 3 amide bonds. The van der Waals surface area contributed by atoms with Crippen LogP contribution >= 0.6 is 11.6 Å². The quantitative estimate of drug-likeness (QED) is 0.495. The van der Waals surface area contributed by atoms with E-state index >= 15 is 0 Å². The van der Waals surface area contributed by atoms with E-state index in [0.717, 1.165) is 5.56 Å². The number of amides is 3. The van der Waals surface area contributed by atoms with Crippen LogP contribution in [0.2, 0.25) is 5.02 Å². The number of likely N-dealkylation sites (tertiary alicyclic amines) is 1. The molecule has 1 heterocycles. The Hall–Kier alpha value is -3.16. The van der Waals surface area contributed by atoms with Crippen molar-refractivity contribution in [2.75, 3.05) is 19.0 Å². The molecule has 4 rings (SSSR count). The fourth-order valence-electron chi connectivity index (χ4n) is 5.71. The fraction of sp³-hybridized carbons (Fsp3) is 0.393. The maximum atomic E-state index is 14.1. The summed E-state index contributed by atoms with van der Waals surface area (Å²) in [6.07, 6.45) is 4.54. The van der Waals surface area contributed by atoms with E-state index < -0.39 is 35.7 Å². The van der Waals surface area contributed by atoms with Crippen molar-refractivity contribution >= 4 is 35.0 Å². The maximum absolute atomic E-state index is 14.1. The molecule has 0 radical (unpaired) electrons. The summed E-state index contributed by atoms with van der Waals surface area (Å²) in [5.74, 6) is -2.94. The smallest absolute Gasteiger partial charge is 0.247 e. The number of carbonyl (C=O) groups is 3. The number of anilines is 1. The van der Waals surface area contributed by atoms with E-state index in [1.165, 1.54) is 4.90 Å². The summed E-state index contributed by atoms with van der Waals surface area (Å²) in [4.78, 5) is 42.5. The van der Waals surface area contributed by atoms with Gasteiger partial charge in [-0.1, -0.05) is 73.1 Å². The summed E-state index contributed by atoms with van der Waals surface area (Å²) in [6, 6.07) is 12.8. The third-order valence-electron chi connectivity index (χ3n) is 7.50. The number of nitrogens with one attached hydrogen (secondary N) is 2. The van der Waals surface area contributed by atoms with E-state index in [0.29, 0.717) is 22.7 Å². The van der Waals surface area contributed by atoms with Gasteiger partial charge in [0.2, 0.25) is 17.7 Å². The fourth-order valence-corrected chi connectivity index (χ4v) is 5.98. The molecule has 1 fully saturated rings. The van der Waals surface area contributed by atoms with Gasteiger partial charge in [0, 0.05) is 13.0 Å². The van der Waals surface area contributed by atoms with Gasteiger partial charge in [-0.15, -0.1) is 0 Å². The monoisotopic (exact) mass is 509 g/mol. The van der Waals surface area contributed by atoms with Crippen LogP contribution in [0.4, 0.5) is 5.69 Å². The first-order chi connectivity index (χ1) is 17.3. The SMILES string of the molecule is CC[C@@H]1C=C[C@H]2[C@H](C(=O)N([C@H](CO)c3ccccc3)[C@@H]2C(=O)Nc2c(C)cccc2Cl)[C@@H]1C(=O)NC. The zero-order valence-corrected chi connectivity index (χ0v) is 21.4. The summed E-state index contributed by atoms with van der Waals surface area (Å²) in [5, 5.41) is 16.5. The molecular formula is C28H32ClN3O4. The second-order valence-electron chi connectivity index (χ2n) is 9.42. The predicted molar refractivity (Wildman–Crippen MR) is 139 cm³/mol. The number of benzene rings is 2. The number of aliphatic hydroxyl groups excluding tert-OH is 1. The van der Waals surface area contributed by atoms with E-state index in [1.807, 2.05) is 62.4 Å². The highest BCUT2D eigenvalue weighted by Crippen LogP contribution is 2.47. The van der Waals surface area contributed by atoms with Gasteiger partial charge in [0.15, 0.2) is 0 Å². The Morgan fingerprint density at radius 3 is 2.42 bits per heavy atom. The Morgan fingerprint density at radius 2 is 1.81 bits per heavy atom. The van der Waals surface area contributed by atoms with Crippen LogP contribution in [0.3, 0.4) is 0 Å². The van der Waals surface area contributed by atoms with Crippen molar-refractivity contribution in [3.63, 3.8) is 0 Å². The molecule has 0 saturated carbocycles. The van der Waals surface area contributed by atoms with Gasteiger partial charge in [0.25, 0.3) is 0 Å². The van der Waals surface area contributed by atoms with Gasteiger partial charge < -0.3 is 20.6 Å². The molecule has 0 bridgehead atoms. The first kappa shape index (κ1) is 25.9. The number of aryl methyl sites for hydroxylation is 1. The molecule has 1 aliphatic carbocycles. The molecule has 190 valence electrons. The van der Waals surface area contributed by atoms with Crippen molar-refractivity contribution in [1.82, 2.24) is 10.2 Å². The van der Waals surface area contributed by atoms with Crippen LogP contribution in [0.1, 0.15) is 30.5 Å². The summed E-state index contributed by atoms with van der Waals surface area (Å²) >= 11 is 6.39. The lowest BCUT2D eigenvalue weighted by Crippen LogP contribution is -2.47. The molecule has 8 heteroatoms. The van der Waals surface area contributed by atoms with Crippen LogP contribution in [-0.4, -0.2) is 47.4 Å². The molecule has 1 aliphatic heterocycles. The third-order valence-corrected chi connectivity index (χ3v) is 7.81. The number of hydrogen-bond acceptors (Lipinski definition) is 4. The summed E-state index contributed by atoms with van der Waals surface area (Å²) in [7, 11) is 1.56. The number of halogens is 1. The largest absolute Gasteiger partial charge is 0.394 e. The van der Waals surface area contributed by atoms with Gasteiger partial charge in [-0.3, -0.25) is 14.4 Å². The number of nitrogens with zero attached hydrogens (tertiary/aromatic N) is 1. The van der Waals surface area contributed by atoms with Crippen LogP contribution < -0.4 is 10.6 Å². The van der Waals surface area contributed by atoms with E-state index in [1.54, 1.807) is 19.2 Å². The van der Waals surface area contributed by atoms with Gasteiger partial charge in [0.05, 0.1) is 35.2 Å². The average Bonchev–Trinajstić information content (AvgIpc) is 3.18. The lowest BCUT2D eigenvalue weighted by molar-refractivity contribution is -0.143. The lowest BCUT2D eigenvalue weighted by Gasteiger charge is -2.34. The second kappa shape index (κ2) is 10.8. The van der Waals surface area contributed by atoms with Crippen molar-refractivity contribution in [3.05, 3.63) is 76.8 Å². The molecule has 1 saturated heterocycles. The Bertz CT molecular complexity index is 1150. The van der Waals surface area contributed by atoms with Crippen molar-refractivity contribution in [3.8, 4) is 0 Å². The Morgan fingerprint density at radius 1 is 1.08 bits per heavy atom. The minimum absolute atomic E-state index is 0.131. The molecule has 7 nitrogen and oxygen atoms in total. The molecule has 6 atom stereocenters. The van der Waals surface area contributed by atoms with E-state index in [4.69, 9.17) is 11.6 Å². The van der Waals surface area contributed by atoms with Crippen molar-refractivity contribution < 1.29 is 19.5 Å². The first-order valence-corrected chi connectivity index (χ1v) is 12.7. The summed E-state index contributed by atoms with van der Waals surface area (Å²) < 4.78 is 0. The minimum Gasteiger partial charge on any atom is -0.394 e. The molecule has 0 spiro atoms. The van der Waals surface area contributed by atoms with Gasteiger partial charge in [-0.25, -0.2) is 0 Å². The van der Waals surface area contributed by atoms with Crippen molar-refractivity contribution in [2.45, 2.75) is 32.4 Å². The molecule has 2 aromatic carbocycles. The number of aliphatic hydroxyl groups is 1. The highest BCUT2D eigenvalue weighted by Gasteiger charge is 2.58. The number of hydrogen-bond donors (Lipinski definition) is 3. The van der Waals surface area contributed by atoms with Crippen molar-refractivity contribution in [2.24, 2.45) is 23.7 Å². The van der Waals surface area contributed by atoms with Crippen molar-refractivity contribution in [1.29, 1.82) is 0 Å². The second-order valence-corrected chi connectivity index (χ2v) is 9.83. The minimum atomic E-state index is -0.934. The van der Waals surface area contributed by atoms with E-state index in [2.05, 4.69) is 10.6 Å². The Labute approximate surface area is 216 Å². The summed E-state index contributed by atoms with van der Waals surface area (Å²) in [6.45, 7) is 3.46. The molecule has 2 aliphatic rings. The average molecular weight is 510 g/mol.